The van der Waals surface area contributed by atoms with E-state index in [2.05, 4.69) is 63.2 Å². The molecular formula is C17H21NS. The van der Waals surface area contributed by atoms with E-state index in [-0.39, 0.29) is 6.04 Å². The van der Waals surface area contributed by atoms with E-state index in [9.17, 15) is 0 Å². The third kappa shape index (κ3) is 3.62. The van der Waals surface area contributed by atoms with Crippen molar-refractivity contribution >= 4 is 11.8 Å². The summed E-state index contributed by atoms with van der Waals surface area (Å²) in [5.41, 5.74) is 11.5. The van der Waals surface area contributed by atoms with E-state index in [0.717, 1.165) is 5.75 Å². The molecule has 1 unspecified atom stereocenters. The van der Waals surface area contributed by atoms with Crippen molar-refractivity contribution < 1.29 is 0 Å². The smallest absolute Gasteiger partial charge is 0.0393 e. The summed E-state index contributed by atoms with van der Waals surface area (Å²) in [6.45, 7) is 6.41. The summed E-state index contributed by atoms with van der Waals surface area (Å²) in [6.07, 6.45) is 0. The molecule has 0 aliphatic rings. The summed E-state index contributed by atoms with van der Waals surface area (Å²) in [4.78, 5) is 1.29. The van der Waals surface area contributed by atoms with Crippen LogP contribution in [0.3, 0.4) is 0 Å². The van der Waals surface area contributed by atoms with Crippen molar-refractivity contribution in [3.8, 4) is 0 Å². The van der Waals surface area contributed by atoms with Crippen molar-refractivity contribution in [2.75, 3.05) is 5.75 Å². The lowest BCUT2D eigenvalue weighted by atomic mass is 9.99. The molecule has 100 valence electrons. The molecule has 19 heavy (non-hydrogen) atoms. The maximum Gasteiger partial charge on any atom is 0.0393 e. The summed E-state index contributed by atoms with van der Waals surface area (Å²) in [7, 11) is 0. The third-order valence-corrected chi connectivity index (χ3v) is 4.58. The van der Waals surface area contributed by atoms with Gasteiger partial charge in [-0.2, -0.15) is 0 Å². The van der Waals surface area contributed by atoms with E-state index in [1.165, 1.54) is 27.1 Å². The fraction of sp³-hybridized carbons (Fsp3) is 0.294. The topological polar surface area (TPSA) is 26.0 Å². The van der Waals surface area contributed by atoms with Gasteiger partial charge in [-0.1, -0.05) is 35.9 Å². The predicted molar refractivity (Wildman–Crippen MR) is 84.7 cm³/mol. The highest BCUT2D eigenvalue weighted by Crippen LogP contribution is 2.26. The molecule has 0 saturated carbocycles. The van der Waals surface area contributed by atoms with E-state index < -0.39 is 0 Å². The van der Waals surface area contributed by atoms with Crippen LogP contribution in [-0.2, 0) is 0 Å². The first-order valence-corrected chi connectivity index (χ1v) is 7.57. The van der Waals surface area contributed by atoms with Gasteiger partial charge in [0.15, 0.2) is 0 Å². The van der Waals surface area contributed by atoms with Gasteiger partial charge in [-0.25, -0.2) is 0 Å². The number of thioether (sulfide) groups is 1. The predicted octanol–water partition coefficient (Wildman–Crippen LogP) is 4.40. The van der Waals surface area contributed by atoms with Gasteiger partial charge in [-0.3, -0.25) is 0 Å². The largest absolute Gasteiger partial charge is 0.323 e. The van der Waals surface area contributed by atoms with Crippen molar-refractivity contribution in [3.63, 3.8) is 0 Å². The first-order valence-electron chi connectivity index (χ1n) is 6.59. The van der Waals surface area contributed by atoms with E-state index in [1.807, 2.05) is 11.8 Å². The minimum Gasteiger partial charge on any atom is -0.323 e. The molecule has 0 amide bonds. The summed E-state index contributed by atoms with van der Waals surface area (Å²) >= 11 is 1.83. The Balaban J connectivity index is 2.05. The van der Waals surface area contributed by atoms with Crippen LogP contribution in [0.4, 0.5) is 0 Å². The fourth-order valence-corrected chi connectivity index (χ4v) is 3.15. The molecule has 0 radical (unpaired) electrons. The molecule has 0 aliphatic carbocycles. The number of rotatable bonds is 4. The number of hydrogen-bond donors (Lipinski definition) is 1. The summed E-state index contributed by atoms with van der Waals surface area (Å²) in [5.74, 6) is 0.910. The molecular weight excluding hydrogens is 250 g/mol. The van der Waals surface area contributed by atoms with Crippen LogP contribution in [0.5, 0.6) is 0 Å². The second-order valence-electron chi connectivity index (χ2n) is 5.02. The first kappa shape index (κ1) is 14.2. The summed E-state index contributed by atoms with van der Waals surface area (Å²) in [5, 5.41) is 0. The van der Waals surface area contributed by atoms with E-state index in [4.69, 9.17) is 5.73 Å². The van der Waals surface area contributed by atoms with Crippen molar-refractivity contribution in [2.24, 2.45) is 5.73 Å². The molecule has 0 spiro atoms. The van der Waals surface area contributed by atoms with Crippen LogP contribution in [0.1, 0.15) is 28.3 Å². The molecule has 2 rings (SSSR count). The molecule has 2 heteroatoms. The lowest BCUT2D eigenvalue weighted by Gasteiger charge is -2.16. The number of nitrogens with two attached hydrogens (primary N) is 1. The van der Waals surface area contributed by atoms with Gasteiger partial charge >= 0.3 is 0 Å². The van der Waals surface area contributed by atoms with Crippen molar-refractivity contribution in [3.05, 3.63) is 64.7 Å². The molecule has 0 aliphatic heterocycles. The van der Waals surface area contributed by atoms with Gasteiger partial charge in [-0.05, 0) is 49.6 Å². The van der Waals surface area contributed by atoms with Gasteiger partial charge in [0.2, 0.25) is 0 Å². The van der Waals surface area contributed by atoms with Gasteiger partial charge in [-0.15, -0.1) is 11.8 Å². The molecule has 0 aromatic heterocycles. The highest BCUT2D eigenvalue weighted by atomic mass is 32.2. The van der Waals surface area contributed by atoms with Gasteiger partial charge in [0.05, 0.1) is 0 Å². The van der Waals surface area contributed by atoms with Crippen molar-refractivity contribution in [2.45, 2.75) is 31.7 Å². The van der Waals surface area contributed by atoms with Gasteiger partial charge in [0, 0.05) is 16.7 Å². The molecule has 2 N–H and O–H groups in total. The lowest BCUT2D eigenvalue weighted by Crippen LogP contribution is -2.14. The Morgan fingerprint density at radius 3 is 2.53 bits per heavy atom. The Hall–Kier alpha value is -1.25. The molecule has 0 bridgehead atoms. The summed E-state index contributed by atoms with van der Waals surface area (Å²) < 4.78 is 0. The second-order valence-corrected chi connectivity index (χ2v) is 6.12. The van der Waals surface area contributed by atoms with Crippen LogP contribution in [-0.4, -0.2) is 5.75 Å². The van der Waals surface area contributed by atoms with Crippen LogP contribution in [0.25, 0.3) is 0 Å². The minimum absolute atomic E-state index is 0.0883. The zero-order chi connectivity index (χ0) is 13.8. The lowest BCUT2D eigenvalue weighted by molar-refractivity contribution is 0.820. The fourth-order valence-electron chi connectivity index (χ4n) is 2.16. The number of benzene rings is 2. The Bertz CT molecular complexity index is 563. The van der Waals surface area contributed by atoms with E-state index >= 15 is 0 Å². The highest BCUT2D eigenvalue weighted by molar-refractivity contribution is 7.99. The number of hydrogen-bond acceptors (Lipinski definition) is 2. The van der Waals surface area contributed by atoms with Crippen LogP contribution < -0.4 is 5.73 Å². The van der Waals surface area contributed by atoms with Crippen LogP contribution >= 0.6 is 11.8 Å². The first-order chi connectivity index (χ1) is 9.08. The normalized spacial score (nSPS) is 12.4. The van der Waals surface area contributed by atoms with Gasteiger partial charge < -0.3 is 5.73 Å². The summed E-state index contributed by atoms with van der Waals surface area (Å²) in [6, 6.07) is 15.0. The standard InChI is InChI=1S/C17H21NS/c1-12-6-4-8-15(10-12)19-11-17(18)16-9-5-7-13(2)14(16)3/h4-10,17H,11,18H2,1-3H3. The van der Waals surface area contributed by atoms with Gasteiger partial charge in [0.1, 0.15) is 0 Å². The van der Waals surface area contributed by atoms with Crippen molar-refractivity contribution in [1.29, 1.82) is 0 Å². The quantitative estimate of drug-likeness (QED) is 0.834. The molecule has 1 nitrogen and oxygen atoms in total. The van der Waals surface area contributed by atoms with Gasteiger partial charge in [0.25, 0.3) is 0 Å². The van der Waals surface area contributed by atoms with Crippen molar-refractivity contribution in [1.82, 2.24) is 0 Å². The Kier molecular flexibility index (Phi) is 4.67. The monoisotopic (exact) mass is 271 g/mol. The average Bonchev–Trinajstić information content (AvgIpc) is 2.39. The maximum absolute atomic E-state index is 6.33. The Labute approximate surface area is 120 Å². The van der Waals surface area contributed by atoms with Crippen LogP contribution in [0.15, 0.2) is 47.4 Å². The third-order valence-electron chi connectivity index (χ3n) is 3.47. The molecule has 2 aromatic carbocycles. The van der Waals surface area contributed by atoms with Crippen LogP contribution in [0.2, 0.25) is 0 Å². The average molecular weight is 271 g/mol. The molecule has 2 aromatic rings. The van der Waals surface area contributed by atoms with E-state index in [0.29, 0.717) is 0 Å². The molecule has 0 saturated heterocycles. The SMILES string of the molecule is Cc1cccc(SCC(N)c2cccc(C)c2C)c1. The Morgan fingerprint density at radius 1 is 1.05 bits per heavy atom. The zero-order valence-corrected chi connectivity index (χ0v) is 12.6. The molecule has 1 atom stereocenters. The highest BCUT2D eigenvalue weighted by Gasteiger charge is 2.10. The maximum atomic E-state index is 6.33. The van der Waals surface area contributed by atoms with Crippen LogP contribution in [0, 0.1) is 20.8 Å². The number of aryl methyl sites for hydroxylation is 2. The Morgan fingerprint density at radius 2 is 1.79 bits per heavy atom. The zero-order valence-electron chi connectivity index (χ0n) is 11.8. The van der Waals surface area contributed by atoms with E-state index in [1.54, 1.807) is 0 Å². The molecule has 0 heterocycles. The minimum atomic E-state index is 0.0883. The second kappa shape index (κ2) is 6.27. The molecule has 0 fully saturated rings.